The predicted molar refractivity (Wildman–Crippen MR) is 96.8 cm³/mol. The van der Waals surface area contributed by atoms with Crippen molar-refractivity contribution in [2.75, 3.05) is 39.4 Å². The van der Waals surface area contributed by atoms with Crippen molar-refractivity contribution in [3.63, 3.8) is 0 Å². The molecule has 1 aliphatic rings. The molecule has 3 N–H and O–H groups in total. The molecule has 0 aromatic carbocycles. The van der Waals surface area contributed by atoms with Crippen molar-refractivity contribution in [3.05, 3.63) is 0 Å². The van der Waals surface area contributed by atoms with Gasteiger partial charge in [-0.25, -0.2) is 4.79 Å². The molecule has 8 nitrogen and oxygen atoms in total. The molecular formula is C18H34N2O6. The summed E-state index contributed by atoms with van der Waals surface area (Å²) in [6, 6.07) is 0. The van der Waals surface area contributed by atoms with E-state index in [1.807, 2.05) is 0 Å². The quantitative estimate of drug-likeness (QED) is 0.413. The van der Waals surface area contributed by atoms with Gasteiger partial charge in [-0.1, -0.05) is 19.8 Å². The molecule has 26 heavy (non-hydrogen) atoms. The van der Waals surface area contributed by atoms with E-state index < -0.39 is 31.4 Å². The topological polar surface area (TPSA) is 108 Å². The molecular weight excluding hydrogens is 340 g/mol. The van der Waals surface area contributed by atoms with Gasteiger partial charge >= 0.3 is 12.1 Å². The Bertz CT molecular complexity index is 397. The molecule has 1 fully saturated rings. The first-order valence-electron chi connectivity index (χ1n) is 9.67. The van der Waals surface area contributed by atoms with Crippen LogP contribution in [0.15, 0.2) is 0 Å². The fourth-order valence-corrected chi connectivity index (χ4v) is 2.87. The first-order valence-corrected chi connectivity index (χ1v) is 9.67. The van der Waals surface area contributed by atoms with E-state index in [0.29, 0.717) is 19.4 Å². The molecule has 1 unspecified atom stereocenters. The Labute approximate surface area is 155 Å². The molecule has 1 rings (SSSR count). The highest BCUT2D eigenvalue weighted by molar-refractivity contribution is 5.70. The molecule has 0 saturated carbocycles. The van der Waals surface area contributed by atoms with E-state index in [2.05, 4.69) is 17.1 Å². The zero-order valence-electron chi connectivity index (χ0n) is 15.8. The van der Waals surface area contributed by atoms with Crippen molar-refractivity contribution >= 4 is 12.1 Å². The van der Waals surface area contributed by atoms with E-state index in [1.54, 1.807) is 0 Å². The van der Waals surface area contributed by atoms with Gasteiger partial charge in [0.25, 0.3) is 0 Å². The van der Waals surface area contributed by atoms with Gasteiger partial charge in [0.05, 0.1) is 13.2 Å². The van der Waals surface area contributed by atoms with Crippen molar-refractivity contribution in [2.45, 2.75) is 64.1 Å². The number of nitrogens with one attached hydrogen (secondary N) is 1. The Balaban J connectivity index is 2.29. The normalized spacial score (nSPS) is 15.8. The van der Waals surface area contributed by atoms with Crippen LogP contribution in [0.2, 0.25) is 0 Å². The van der Waals surface area contributed by atoms with Gasteiger partial charge in [-0.15, -0.1) is 0 Å². The molecule has 152 valence electrons. The van der Waals surface area contributed by atoms with Gasteiger partial charge in [-0.2, -0.15) is 0 Å². The summed E-state index contributed by atoms with van der Waals surface area (Å²) >= 11 is 0. The van der Waals surface area contributed by atoms with E-state index >= 15 is 0 Å². The lowest BCUT2D eigenvalue weighted by molar-refractivity contribution is -0.154. The lowest BCUT2D eigenvalue weighted by atomic mass is 10.1. The van der Waals surface area contributed by atoms with Crippen LogP contribution in [-0.2, 0) is 14.3 Å². The smallest absolute Gasteiger partial charge is 0.407 e. The molecule has 1 atom stereocenters. The molecule has 0 aromatic heterocycles. The third kappa shape index (κ3) is 9.94. The maximum Gasteiger partial charge on any atom is 0.407 e. The number of ether oxygens (including phenoxy) is 2. The summed E-state index contributed by atoms with van der Waals surface area (Å²) < 4.78 is 10.4. The number of aliphatic hydroxyl groups excluding tert-OH is 2. The summed E-state index contributed by atoms with van der Waals surface area (Å²) in [4.78, 5) is 26.0. The molecule has 0 bridgehead atoms. The van der Waals surface area contributed by atoms with Crippen LogP contribution in [0.25, 0.3) is 0 Å². The predicted octanol–water partition coefficient (Wildman–Crippen LogP) is 1.04. The lowest BCUT2D eigenvalue weighted by Crippen LogP contribution is -2.35. The van der Waals surface area contributed by atoms with Crippen molar-refractivity contribution in [1.82, 2.24) is 10.2 Å². The van der Waals surface area contributed by atoms with Gasteiger partial charge < -0.3 is 29.9 Å². The monoisotopic (exact) mass is 374 g/mol. The van der Waals surface area contributed by atoms with Crippen molar-refractivity contribution in [3.8, 4) is 0 Å². The Hall–Kier alpha value is -1.38. The second-order valence-electron chi connectivity index (χ2n) is 6.66. The number of rotatable bonds is 13. The number of alkyl carbamates (subject to hydrolysis) is 1. The van der Waals surface area contributed by atoms with Gasteiger partial charge in [0.1, 0.15) is 12.2 Å². The molecule has 1 saturated heterocycles. The first-order chi connectivity index (χ1) is 12.6. The number of amides is 1. The summed E-state index contributed by atoms with van der Waals surface area (Å²) in [5.41, 5.74) is 0. The number of carbonyl (C=O) groups is 2. The number of likely N-dealkylation sites (tertiary alicyclic amines) is 1. The van der Waals surface area contributed by atoms with Crippen LogP contribution in [0.1, 0.15) is 51.9 Å². The Kier molecular flexibility index (Phi) is 12.0. The third-order valence-electron chi connectivity index (χ3n) is 4.43. The van der Waals surface area contributed by atoms with Gasteiger partial charge in [0, 0.05) is 19.5 Å². The van der Waals surface area contributed by atoms with Crippen LogP contribution in [-0.4, -0.2) is 78.8 Å². The number of esters is 1. The van der Waals surface area contributed by atoms with Crippen LogP contribution in [0, 0.1) is 0 Å². The minimum absolute atomic E-state index is 0.0753. The standard InChI is InChI=1S/C18H34N2O6/c1-2-3-6-15(7-8-17(23)25-16(13-21)14-22)26-18(24)19-9-12-20-10-4-5-11-20/h15-16,21-22H,2-14H2,1H3,(H,19,24). The SMILES string of the molecule is CCCCC(CCC(=O)OC(CO)CO)OC(=O)NCCN1CCCC1. The number of nitrogens with zero attached hydrogens (tertiary/aromatic N) is 1. The van der Waals surface area contributed by atoms with Gasteiger partial charge in [-0.3, -0.25) is 4.79 Å². The maximum atomic E-state index is 12.0. The van der Waals surface area contributed by atoms with E-state index in [0.717, 1.165) is 32.5 Å². The summed E-state index contributed by atoms with van der Waals surface area (Å²) in [5.74, 6) is -0.516. The molecule has 0 spiro atoms. The van der Waals surface area contributed by atoms with Crippen molar-refractivity contribution < 1.29 is 29.3 Å². The number of carbonyl (C=O) groups excluding carboxylic acids is 2. The van der Waals surface area contributed by atoms with Crippen LogP contribution in [0.4, 0.5) is 4.79 Å². The number of hydrogen-bond donors (Lipinski definition) is 3. The highest BCUT2D eigenvalue weighted by atomic mass is 16.6. The molecule has 0 aromatic rings. The number of aliphatic hydroxyl groups is 2. The van der Waals surface area contributed by atoms with Crippen LogP contribution in [0.3, 0.4) is 0 Å². The minimum Gasteiger partial charge on any atom is -0.457 e. The second-order valence-corrected chi connectivity index (χ2v) is 6.66. The van der Waals surface area contributed by atoms with E-state index in [-0.39, 0.29) is 12.5 Å². The molecule has 0 aliphatic carbocycles. The maximum absolute atomic E-state index is 12.0. The largest absolute Gasteiger partial charge is 0.457 e. The zero-order valence-corrected chi connectivity index (χ0v) is 15.8. The van der Waals surface area contributed by atoms with E-state index in [1.165, 1.54) is 12.8 Å². The Morgan fingerprint density at radius 1 is 1.08 bits per heavy atom. The van der Waals surface area contributed by atoms with E-state index in [4.69, 9.17) is 19.7 Å². The summed E-state index contributed by atoms with van der Waals surface area (Å²) in [6.45, 7) is 4.76. The highest BCUT2D eigenvalue weighted by Crippen LogP contribution is 2.13. The molecule has 1 heterocycles. The highest BCUT2D eigenvalue weighted by Gasteiger charge is 2.19. The van der Waals surface area contributed by atoms with Crippen LogP contribution in [0.5, 0.6) is 0 Å². The number of hydrogen-bond acceptors (Lipinski definition) is 7. The van der Waals surface area contributed by atoms with Crippen molar-refractivity contribution in [2.24, 2.45) is 0 Å². The molecule has 1 aliphatic heterocycles. The Morgan fingerprint density at radius 3 is 2.38 bits per heavy atom. The average molecular weight is 374 g/mol. The van der Waals surface area contributed by atoms with Crippen LogP contribution >= 0.6 is 0 Å². The van der Waals surface area contributed by atoms with Crippen LogP contribution < -0.4 is 5.32 Å². The number of unbranched alkanes of at least 4 members (excludes halogenated alkanes) is 1. The second kappa shape index (κ2) is 13.8. The summed E-state index contributed by atoms with van der Waals surface area (Å²) in [7, 11) is 0. The average Bonchev–Trinajstić information content (AvgIpc) is 3.15. The van der Waals surface area contributed by atoms with E-state index in [9.17, 15) is 9.59 Å². The molecule has 1 amide bonds. The fraction of sp³-hybridized carbons (Fsp3) is 0.889. The Morgan fingerprint density at radius 2 is 1.77 bits per heavy atom. The summed E-state index contributed by atoms with van der Waals surface area (Å²) in [5, 5.41) is 20.6. The minimum atomic E-state index is -0.897. The third-order valence-corrected chi connectivity index (χ3v) is 4.43. The lowest BCUT2D eigenvalue weighted by Gasteiger charge is -2.19. The van der Waals surface area contributed by atoms with Gasteiger partial charge in [-0.05, 0) is 38.8 Å². The van der Waals surface area contributed by atoms with Gasteiger partial charge in [0.2, 0.25) is 0 Å². The first kappa shape index (κ1) is 22.7. The fourth-order valence-electron chi connectivity index (χ4n) is 2.87. The zero-order chi connectivity index (χ0) is 19.2. The summed E-state index contributed by atoms with van der Waals surface area (Å²) in [6.07, 6.45) is 3.72. The van der Waals surface area contributed by atoms with Crippen molar-refractivity contribution in [1.29, 1.82) is 0 Å². The molecule has 0 radical (unpaired) electrons. The van der Waals surface area contributed by atoms with Gasteiger partial charge in [0.15, 0.2) is 0 Å². The molecule has 8 heteroatoms.